The van der Waals surface area contributed by atoms with E-state index < -0.39 is 0 Å². The van der Waals surface area contributed by atoms with Crippen LogP contribution >= 0.6 is 0 Å². The molecule has 0 radical (unpaired) electrons. The number of hydrogen-bond donors (Lipinski definition) is 1. The second-order valence-corrected chi connectivity index (χ2v) is 6.69. The van der Waals surface area contributed by atoms with Gasteiger partial charge >= 0.3 is 6.03 Å². The van der Waals surface area contributed by atoms with Gasteiger partial charge in [0.2, 0.25) is 5.91 Å². The summed E-state index contributed by atoms with van der Waals surface area (Å²) in [7, 11) is 0. The molecule has 6 nitrogen and oxygen atoms in total. The van der Waals surface area contributed by atoms with Gasteiger partial charge in [-0.2, -0.15) is 0 Å². The third-order valence-electron chi connectivity index (χ3n) is 4.99. The summed E-state index contributed by atoms with van der Waals surface area (Å²) in [5.41, 5.74) is 1.14. The number of nitrogens with one attached hydrogen (secondary N) is 1. The summed E-state index contributed by atoms with van der Waals surface area (Å²) in [4.78, 5) is 28.2. The van der Waals surface area contributed by atoms with E-state index in [0.717, 1.165) is 31.4 Å². The molecule has 0 bridgehead atoms. The van der Waals surface area contributed by atoms with E-state index in [1.807, 2.05) is 30.0 Å². The van der Waals surface area contributed by atoms with E-state index >= 15 is 0 Å². The average molecular weight is 345 g/mol. The molecule has 0 aromatic heterocycles. The smallest absolute Gasteiger partial charge is 0.318 e. The molecule has 0 aliphatic carbocycles. The van der Waals surface area contributed by atoms with Crippen LogP contribution in [0.5, 0.6) is 0 Å². The van der Waals surface area contributed by atoms with E-state index in [0.29, 0.717) is 19.7 Å². The zero-order chi connectivity index (χ0) is 17.6. The minimum absolute atomic E-state index is 0.0154. The summed E-state index contributed by atoms with van der Waals surface area (Å²) in [5.74, 6) is 0.0317. The molecule has 2 aliphatic heterocycles. The van der Waals surface area contributed by atoms with Crippen LogP contribution in [-0.4, -0.2) is 60.6 Å². The van der Waals surface area contributed by atoms with Crippen LogP contribution in [0, 0.1) is 0 Å². The van der Waals surface area contributed by atoms with E-state index in [-0.39, 0.29) is 30.6 Å². The van der Waals surface area contributed by atoms with Crippen molar-refractivity contribution in [3.63, 3.8) is 0 Å². The molecule has 3 rings (SSSR count). The third-order valence-corrected chi connectivity index (χ3v) is 4.99. The first-order chi connectivity index (χ1) is 12.2. The first-order valence-electron chi connectivity index (χ1n) is 9.17. The van der Waals surface area contributed by atoms with Gasteiger partial charge in [0.1, 0.15) is 6.54 Å². The Morgan fingerprint density at radius 1 is 1.28 bits per heavy atom. The number of benzene rings is 1. The summed E-state index contributed by atoms with van der Waals surface area (Å²) >= 11 is 0. The Balaban J connectivity index is 1.56. The fourth-order valence-corrected chi connectivity index (χ4v) is 3.52. The van der Waals surface area contributed by atoms with Crippen molar-refractivity contribution >= 4 is 11.9 Å². The Bertz CT molecular complexity index is 593. The molecule has 1 aromatic rings. The molecular formula is C19H27N3O3. The Morgan fingerprint density at radius 3 is 2.84 bits per heavy atom. The molecule has 1 aromatic carbocycles. The van der Waals surface area contributed by atoms with Crippen LogP contribution in [0.3, 0.4) is 0 Å². The van der Waals surface area contributed by atoms with Crippen LogP contribution in [0.15, 0.2) is 30.3 Å². The minimum Gasteiger partial charge on any atom is -0.373 e. The van der Waals surface area contributed by atoms with Gasteiger partial charge in [0.15, 0.2) is 0 Å². The monoisotopic (exact) mass is 345 g/mol. The molecule has 3 amide bonds. The number of amides is 3. The number of nitrogens with zero attached hydrogens (tertiary/aromatic N) is 2. The van der Waals surface area contributed by atoms with E-state index in [1.165, 1.54) is 0 Å². The lowest BCUT2D eigenvalue weighted by molar-refractivity contribution is -0.130. The molecule has 2 heterocycles. The second-order valence-electron chi connectivity index (χ2n) is 6.69. The Morgan fingerprint density at radius 2 is 2.08 bits per heavy atom. The van der Waals surface area contributed by atoms with E-state index in [1.54, 1.807) is 4.90 Å². The van der Waals surface area contributed by atoms with Crippen molar-refractivity contribution in [1.29, 1.82) is 0 Å². The molecule has 2 aliphatic rings. The predicted molar refractivity (Wildman–Crippen MR) is 95.1 cm³/mol. The van der Waals surface area contributed by atoms with Crippen LogP contribution in [0.25, 0.3) is 0 Å². The number of hydrogen-bond acceptors (Lipinski definition) is 3. The lowest BCUT2D eigenvalue weighted by Crippen LogP contribution is -2.49. The number of urea groups is 1. The highest BCUT2D eigenvalue weighted by Gasteiger charge is 2.28. The summed E-state index contributed by atoms with van der Waals surface area (Å²) in [6.07, 6.45) is 2.41. The quantitative estimate of drug-likeness (QED) is 0.913. The SMILES string of the molecule is CCN1CCCN(C(=O)N[C@H]2CCO[C@@H](c3ccccc3)C2)CC1=O. The van der Waals surface area contributed by atoms with Crippen LogP contribution < -0.4 is 5.32 Å². The molecule has 6 heteroatoms. The standard InChI is InChI=1S/C19H27N3O3/c1-2-21-10-6-11-22(14-18(21)23)19(24)20-16-9-12-25-17(13-16)15-7-4-3-5-8-15/h3-5,7-8,16-17H,2,6,9-14H2,1H3,(H,20,24)/t16-,17+/m0/s1. The number of rotatable bonds is 3. The van der Waals surface area contributed by atoms with Crippen molar-refractivity contribution in [2.45, 2.75) is 38.3 Å². The van der Waals surface area contributed by atoms with Gasteiger partial charge in [0.25, 0.3) is 0 Å². The van der Waals surface area contributed by atoms with Gasteiger partial charge < -0.3 is 19.9 Å². The number of carbonyl (C=O) groups excluding carboxylic acids is 2. The molecule has 136 valence electrons. The fourth-order valence-electron chi connectivity index (χ4n) is 3.52. The maximum atomic E-state index is 12.6. The zero-order valence-electron chi connectivity index (χ0n) is 14.8. The number of ether oxygens (including phenoxy) is 1. The number of likely N-dealkylation sites (N-methyl/N-ethyl adjacent to an activating group) is 1. The van der Waals surface area contributed by atoms with Gasteiger partial charge in [-0.15, -0.1) is 0 Å². The molecule has 2 atom stereocenters. The van der Waals surface area contributed by atoms with E-state index in [9.17, 15) is 9.59 Å². The van der Waals surface area contributed by atoms with Gasteiger partial charge in [0.05, 0.1) is 6.10 Å². The zero-order valence-corrected chi connectivity index (χ0v) is 14.8. The minimum atomic E-state index is -0.134. The normalized spacial score (nSPS) is 24.8. The molecule has 2 fully saturated rings. The van der Waals surface area contributed by atoms with E-state index in [4.69, 9.17) is 4.74 Å². The Hall–Kier alpha value is -2.08. The highest BCUT2D eigenvalue weighted by Crippen LogP contribution is 2.28. The Labute approximate surface area is 149 Å². The van der Waals surface area contributed by atoms with Crippen LogP contribution in [0.2, 0.25) is 0 Å². The van der Waals surface area contributed by atoms with Crippen molar-refractivity contribution in [2.75, 3.05) is 32.8 Å². The Kier molecular flexibility index (Phi) is 5.91. The summed E-state index contributed by atoms with van der Waals surface area (Å²) in [6.45, 7) is 4.83. The first kappa shape index (κ1) is 17.7. The largest absolute Gasteiger partial charge is 0.373 e. The molecule has 1 N–H and O–H groups in total. The maximum Gasteiger partial charge on any atom is 0.318 e. The van der Waals surface area contributed by atoms with Gasteiger partial charge in [-0.25, -0.2) is 4.79 Å². The molecule has 0 spiro atoms. The second kappa shape index (κ2) is 8.34. The highest BCUT2D eigenvalue weighted by atomic mass is 16.5. The van der Waals surface area contributed by atoms with E-state index in [2.05, 4.69) is 17.4 Å². The molecule has 0 unspecified atom stereocenters. The molecular weight excluding hydrogens is 318 g/mol. The first-order valence-corrected chi connectivity index (χ1v) is 9.17. The van der Waals surface area contributed by atoms with Crippen molar-refractivity contribution < 1.29 is 14.3 Å². The highest BCUT2D eigenvalue weighted by molar-refractivity contribution is 5.84. The van der Waals surface area contributed by atoms with Crippen molar-refractivity contribution in [2.24, 2.45) is 0 Å². The summed E-state index contributed by atoms with van der Waals surface area (Å²) in [6, 6.07) is 10.1. The van der Waals surface area contributed by atoms with Crippen LogP contribution in [-0.2, 0) is 9.53 Å². The topological polar surface area (TPSA) is 61.9 Å². The van der Waals surface area contributed by atoms with Crippen molar-refractivity contribution in [3.8, 4) is 0 Å². The van der Waals surface area contributed by atoms with Gasteiger partial charge in [0, 0.05) is 32.3 Å². The third kappa shape index (κ3) is 4.51. The average Bonchev–Trinajstić information content (AvgIpc) is 2.84. The van der Waals surface area contributed by atoms with Gasteiger partial charge in [-0.1, -0.05) is 30.3 Å². The predicted octanol–water partition coefficient (Wildman–Crippen LogP) is 2.17. The van der Waals surface area contributed by atoms with Crippen molar-refractivity contribution in [1.82, 2.24) is 15.1 Å². The fraction of sp³-hybridized carbons (Fsp3) is 0.579. The lowest BCUT2D eigenvalue weighted by Gasteiger charge is -2.32. The van der Waals surface area contributed by atoms with Gasteiger partial charge in [-0.05, 0) is 31.7 Å². The molecule has 2 saturated heterocycles. The molecule has 25 heavy (non-hydrogen) atoms. The summed E-state index contributed by atoms with van der Waals surface area (Å²) in [5, 5.41) is 3.11. The van der Waals surface area contributed by atoms with Gasteiger partial charge in [-0.3, -0.25) is 4.79 Å². The number of carbonyl (C=O) groups is 2. The van der Waals surface area contributed by atoms with Crippen molar-refractivity contribution in [3.05, 3.63) is 35.9 Å². The lowest BCUT2D eigenvalue weighted by atomic mass is 9.97. The molecule has 0 saturated carbocycles. The van der Waals surface area contributed by atoms with Crippen LogP contribution in [0.1, 0.15) is 37.9 Å². The summed E-state index contributed by atoms with van der Waals surface area (Å²) < 4.78 is 5.86. The maximum absolute atomic E-state index is 12.6. The van der Waals surface area contributed by atoms with Crippen LogP contribution in [0.4, 0.5) is 4.79 Å².